The second-order valence-electron chi connectivity index (χ2n) is 3.88. The molecule has 0 saturated heterocycles. The van der Waals surface area contributed by atoms with Gasteiger partial charge in [0.25, 0.3) is 5.91 Å². The molecule has 98 valence electrons. The molecule has 1 rings (SSSR count). The van der Waals surface area contributed by atoms with Crippen LogP contribution in [0.25, 0.3) is 0 Å². The average Bonchev–Trinajstić information content (AvgIpc) is 2.31. The minimum atomic E-state index is -0.214. The third kappa shape index (κ3) is 3.89. The first-order valence-electron chi connectivity index (χ1n) is 5.32. The largest absolute Gasteiger partial charge is 0.345 e. The Hall–Kier alpha value is -1.26. The fourth-order valence-corrected chi connectivity index (χ4v) is 1.69. The zero-order chi connectivity index (χ0) is 13.7. The number of nitrogens with one attached hydrogen (secondary N) is 1. The summed E-state index contributed by atoms with van der Waals surface area (Å²) >= 11 is 11.4. The van der Waals surface area contributed by atoms with Crippen molar-refractivity contribution in [1.82, 2.24) is 4.90 Å². The summed E-state index contributed by atoms with van der Waals surface area (Å²) in [4.78, 5) is 24.6. The van der Waals surface area contributed by atoms with Crippen LogP contribution in [0.15, 0.2) is 18.2 Å². The summed E-state index contributed by atoms with van der Waals surface area (Å²) < 4.78 is 0. The van der Waals surface area contributed by atoms with Crippen molar-refractivity contribution in [3.05, 3.63) is 28.8 Å². The molecule has 0 bridgehead atoms. The van der Waals surface area contributed by atoms with E-state index in [2.05, 4.69) is 5.32 Å². The van der Waals surface area contributed by atoms with Gasteiger partial charge in [-0.2, -0.15) is 0 Å². The Morgan fingerprint density at radius 1 is 1.33 bits per heavy atom. The van der Waals surface area contributed by atoms with Crippen LogP contribution in [-0.2, 0) is 4.79 Å². The first-order valence-corrected chi connectivity index (χ1v) is 6.24. The van der Waals surface area contributed by atoms with Gasteiger partial charge in [0.05, 0.1) is 10.6 Å². The lowest BCUT2D eigenvalue weighted by Crippen LogP contribution is -2.22. The highest BCUT2D eigenvalue weighted by Crippen LogP contribution is 2.21. The third-order valence-electron chi connectivity index (χ3n) is 2.21. The molecule has 0 aliphatic carbocycles. The van der Waals surface area contributed by atoms with E-state index in [1.54, 1.807) is 32.3 Å². The maximum Gasteiger partial charge on any atom is 0.254 e. The SMILES string of the molecule is CN(C)C(=O)c1cc(NC(=O)CCCl)ccc1Cl. The number of anilines is 1. The molecule has 0 saturated carbocycles. The van der Waals surface area contributed by atoms with Crippen LogP contribution in [0.5, 0.6) is 0 Å². The van der Waals surface area contributed by atoms with Crippen molar-refractivity contribution >= 4 is 40.7 Å². The number of alkyl halides is 1. The number of carbonyl (C=O) groups excluding carboxylic acids is 2. The second kappa shape index (κ2) is 6.61. The first kappa shape index (κ1) is 14.8. The lowest BCUT2D eigenvalue weighted by atomic mass is 10.1. The summed E-state index contributed by atoms with van der Waals surface area (Å²) in [5.74, 6) is -0.160. The normalized spacial score (nSPS) is 10.0. The molecule has 1 aromatic carbocycles. The van der Waals surface area contributed by atoms with E-state index in [0.29, 0.717) is 16.3 Å². The van der Waals surface area contributed by atoms with Gasteiger partial charge in [-0.25, -0.2) is 0 Å². The molecule has 2 amide bonds. The molecule has 0 fully saturated rings. The second-order valence-corrected chi connectivity index (χ2v) is 4.67. The topological polar surface area (TPSA) is 49.4 Å². The molecule has 0 aromatic heterocycles. The summed E-state index contributed by atoms with van der Waals surface area (Å²) in [6.07, 6.45) is 0.223. The Bertz CT molecular complexity index is 461. The molecule has 0 aliphatic rings. The van der Waals surface area contributed by atoms with Crippen molar-refractivity contribution in [1.29, 1.82) is 0 Å². The zero-order valence-corrected chi connectivity index (χ0v) is 11.7. The molecule has 0 atom stereocenters. The van der Waals surface area contributed by atoms with E-state index >= 15 is 0 Å². The van der Waals surface area contributed by atoms with Crippen molar-refractivity contribution in [3.63, 3.8) is 0 Å². The molecule has 18 heavy (non-hydrogen) atoms. The summed E-state index contributed by atoms with van der Waals surface area (Å²) in [5, 5.41) is 3.00. The van der Waals surface area contributed by atoms with E-state index in [1.165, 1.54) is 4.90 Å². The van der Waals surface area contributed by atoms with E-state index in [0.717, 1.165) is 0 Å². The minimum Gasteiger partial charge on any atom is -0.345 e. The Morgan fingerprint density at radius 3 is 2.56 bits per heavy atom. The number of amides is 2. The maximum absolute atomic E-state index is 11.8. The maximum atomic E-state index is 11.8. The molecular formula is C12H14Cl2N2O2. The lowest BCUT2D eigenvalue weighted by molar-refractivity contribution is -0.115. The van der Waals surface area contributed by atoms with Crippen LogP contribution in [0.3, 0.4) is 0 Å². The van der Waals surface area contributed by atoms with Crippen LogP contribution in [-0.4, -0.2) is 36.7 Å². The van der Waals surface area contributed by atoms with Gasteiger partial charge in [0.15, 0.2) is 0 Å². The Kier molecular flexibility index (Phi) is 5.44. The van der Waals surface area contributed by atoms with Crippen molar-refractivity contribution in [3.8, 4) is 0 Å². The van der Waals surface area contributed by atoms with E-state index in [9.17, 15) is 9.59 Å². The lowest BCUT2D eigenvalue weighted by Gasteiger charge is -2.13. The Labute approximate surface area is 116 Å². The van der Waals surface area contributed by atoms with E-state index < -0.39 is 0 Å². The highest BCUT2D eigenvalue weighted by molar-refractivity contribution is 6.34. The molecule has 1 N–H and O–H groups in total. The van der Waals surface area contributed by atoms with Crippen LogP contribution in [0.1, 0.15) is 16.8 Å². The van der Waals surface area contributed by atoms with Crippen molar-refractivity contribution in [2.24, 2.45) is 0 Å². The molecule has 0 spiro atoms. The number of hydrogen-bond acceptors (Lipinski definition) is 2. The predicted octanol–water partition coefficient (Wildman–Crippen LogP) is 2.61. The van der Waals surface area contributed by atoms with Crippen LogP contribution in [0.4, 0.5) is 5.69 Å². The van der Waals surface area contributed by atoms with Gasteiger partial charge >= 0.3 is 0 Å². The molecule has 4 nitrogen and oxygen atoms in total. The molecule has 0 radical (unpaired) electrons. The van der Waals surface area contributed by atoms with Crippen molar-refractivity contribution in [2.75, 3.05) is 25.3 Å². The summed E-state index contributed by atoms with van der Waals surface area (Å²) in [5.41, 5.74) is 0.880. The summed E-state index contributed by atoms with van der Waals surface area (Å²) in [7, 11) is 3.27. The number of benzene rings is 1. The number of rotatable bonds is 4. The van der Waals surface area contributed by atoms with Gasteiger partial charge in [0, 0.05) is 32.1 Å². The minimum absolute atomic E-state index is 0.199. The quantitative estimate of drug-likeness (QED) is 0.866. The highest BCUT2D eigenvalue weighted by atomic mass is 35.5. The monoisotopic (exact) mass is 288 g/mol. The van der Waals surface area contributed by atoms with Gasteiger partial charge in [-0.15, -0.1) is 11.6 Å². The van der Waals surface area contributed by atoms with Crippen molar-refractivity contribution in [2.45, 2.75) is 6.42 Å². The van der Waals surface area contributed by atoms with Crippen LogP contribution < -0.4 is 5.32 Å². The molecule has 0 unspecified atom stereocenters. The zero-order valence-electron chi connectivity index (χ0n) is 10.2. The van der Waals surface area contributed by atoms with Gasteiger partial charge in [-0.3, -0.25) is 9.59 Å². The van der Waals surface area contributed by atoms with Crippen LogP contribution in [0.2, 0.25) is 5.02 Å². The number of nitrogens with zero attached hydrogens (tertiary/aromatic N) is 1. The molecular weight excluding hydrogens is 275 g/mol. The van der Waals surface area contributed by atoms with Crippen molar-refractivity contribution < 1.29 is 9.59 Å². The van der Waals surface area contributed by atoms with Gasteiger partial charge in [0.2, 0.25) is 5.91 Å². The van der Waals surface area contributed by atoms with Gasteiger partial charge < -0.3 is 10.2 Å². The van der Waals surface area contributed by atoms with E-state index in [1.807, 2.05) is 0 Å². The smallest absolute Gasteiger partial charge is 0.254 e. The fourth-order valence-electron chi connectivity index (χ4n) is 1.32. The average molecular weight is 289 g/mol. The Morgan fingerprint density at radius 2 is 2.00 bits per heavy atom. The molecule has 1 aromatic rings. The highest BCUT2D eigenvalue weighted by Gasteiger charge is 2.13. The van der Waals surface area contributed by atoms with Crippen LogP contribution in [0, 0.1) is 0 Å². The standard InChI is InChI=1S/C12H14Cl2N2O2/c1-16(2)12(18)9-7-8(3-4-10(9)14)15-11(17)5-6-13/h3-4,7H,5-6H2,1-2H3,(H,15,17). The van der Waals surface area contributed by atoms with Crippen LogP contribution >= 0.6 is 23.2 Å². The number of carbonyl (C=O) groups is 2. The number of hydrogen-bond donors (Lipinski definition) is 1. The number of halogens is 2. The van der Waals surface area contributed by atoms with Gasteiger partial charge in [-0.05, 0) is 18.2 Å². The molecule has 0 heterocycles. The third-order valence-corrected chi connectivity index (χ3v) is 2.73. The molecule has 6 heteroatoms. The van der Waals surface area contributed by atoms with E-state index in [-0.39, 0.29) is 24.1 Å². The predicted molar refractivity (Wildman–Crippen MR) is 73.4 cm³/mol. The Balaban J connectivity index is 2.94. The van der Waals surface area contributed by atoms with Gasteiger partial charge in [0.1, 0.15) is 0 Å². The van der Waals surface area contributed by atoms with Gasteiger partial charge in [-0.1, -0.05) is 11.6 Å². The molecule has 0 aliphatic heterocycles. The first-order chi connectivity index (χ1) is 8.45. The fraction of sp³-hybridized carbons (Fsp3) is 0.333. The summed E-state index contributed by atoms with van der Waals surface area (Å²) in [6, 6.07) is 4.77. The summed E-state index contributed by atoms with van der Waals surface area (Å²) in [6.45, 7) is 0. The van der Waals surface area contributed by atoms with E-state index in [4.69, 9.17) is 23.2 Å².